The zero-order valence-electron chi connectivity index (χ0n) is 9.19. The van der Waals surface area contributed by atoms with Gasteiger partial charge in [0.15, 0.2) is 0 Å². The van der Waals surface area contributed by atoms with E-state index >= 15 is 0 Å². The van der Waals surface area contributed by atoms with E-state index in [0.717, 1.165) is 17.1 Å². The summed E-state index contributed by atoms with van der Waals surface area (Å²) in [4.78, 5) is 8.65. The number of pyridine rings is 1. The van der Waals surface area contributed by atoms with Crippen LogP contribution in [0.5, 0.6) is 0 Å². The smallest absolute Gasteiger partial charge is 0.322 e. The van der Waals surface area contributed by atoms with Crippen LogP contribution in [0, 0.1) is 0 Å². The molecule has 2 heterocycles. The standard InChI is InChI=1S/C11H10F3N3S/c12-11(13,14)7-1-2-10(17-4-7)9(15)3-8-5-16-6-18-8/h1-2,4-6,9H,3,15H2. The fraction of sp³-hybridized carbons (Fsp3) is 0.273. The van der Waals surface area contributed by atoms with Gasteiger partial charge in [0.25, 0.3) is 0 Å². The lowest BCUT2D eigenvalue weighted by Crippen LogP contribution is -2.15. The summed E-state index contributed by atoms with van der Waals surface area (Å²) in [5.74, 6) is 0. The number of thiazole rings is 1. The SMILES string of the molecule is NC(Cc1cncs1)c1ccc(C(F)(F)F)cn1. The average Bonchev–Trinajstić information content (AvgIpc) is 2.81. The van der Waals surface area contributed by atoms with Crippen LogP contribution in [0.1, 0.15) is 22.2 Å². The predicted octanol–water partition coefficient (Wildman–Crippen LogP) is 2.80. The van der Waals surface area contributed by atoms with E-state index in [-0.39, 0.29) is 0 Å². The summed E-state index contributed by atoms with van der Waals surface area (Å²) in [5, 5.41) is 0. The van der Waals surface area contributed by atoms with Crippen molar-refractivity contribution in [2.24, 2.45) is 5.73 Å². The molecule has 0 aromatic carbocycles. The molecular weight excluding hydrogens is 263 g/mol. The minimum atomic E-state index is -4.37. The number of halogens is 3. The molecule has 0 aliphatic heterocycles. The fourth-order valence-electron chi connectivity index (χ4n) is 1.46. The van der Waals surface area contributed by atoms with Crippen LogP contribution in [-0.4, -0.2) is 9.97 Å². The van der Waals surface area contributed by atoms with Crippen LogP contribution in [0.3, 0.4) is 0 Å². The van der Waals surface area contributed by atoms with Crippen molar-refractivity contribution in [3.05, 3.63) is 46.2 Å². The first-order valence-corrected chi connectivity index (χ1v) is 6.01. The molecule has 0 saturated heterocycles. The highest BCUT2D eigenvalue weighted by molar-refractivity contribution is 7.09. The second-order valence-corrected chi connectivity index (χ2v) is 4.72. The molecule has 0 aliphatic carbocycles. The van der Waals surface area contributed by atoms with Gasteiger partial charge in [-0.2, -0.15) is 13.2 Å². The highest BCUT2D eigenvalue weighted by Gasteiger charge is 2.30. The van der Waals surface area contributed by atoms with Crippen LogP contribution in [0.2, 0.25) is 0 Å². The highest BCUT2D eigenvalue weighted by Crippen LogP contribution is 2.29. The van der Waals surface area contributed by atoms with Gasteiger partial charge in [0.1, 0.15) is 0 Å². The molecule has 2 rings (SSSR count). The van der Waals surface area contributed by atoms with Crippen molar-refractivity contribution in [1.82, 2.24) is 9.97 Å². The van der Waals surface area contributed by atoms with Gasteiger partial charge in [0.05, 0.1) is 22.8 Å². The van der Waals surface area contributed by atoms with Crippen molar-refractivity contribution >= 4 is 11.3 Å². The van der Waals surface area contributed by atoms with Gasteiger partial charge in [-0.1, -0.05) is 0 Å². The second kappa shape index (κ2) is 5.03. The Morgan fingerprint density at radius 3 is 2.56 bits per heavy atom. The molecule has 2 aromatic rings. The monoisotopic (exact) mass is 273 g/mol. The number of aromatic nitrogens is 2. The number of nitrogens with two attached hydrogens (primary N) is 1. The minimum absolute atomic E-state index is 0.423. The third-order valence-electron chi connectivity index (χ3n) is 2.40. The predicted molar refractivity (Wildman–Crippen MR) is 62.0 cm³/mol. The van der Waals surface area contributed by atoms with Gasteiger partial charge in [-0.25, -0.2) is 0 Å². The van der Waals surface area contributed by atoms with E-state index in [2.05, 4.69) is 9.97 Å². The van der Waals surface area contributed by atoms with Gasteiger partial charge in [-0.15, -0.1) is 11.3 Å². The lowest BCUT2D eigenvalue weighted by molar-refractivity contribution is -0.137. The van der Waals surface area contributed by atoms with E-state index in [9.17, 15) is 13.2 Å². The quantitative estimate of drug-likeness (QED) is 0.935. The Morgan fingerprint density at radius 1 is 1.28 bits per heavy atom. The Balaban J connectivity index is 2.10. The summed E-state index contributed by atoms with van der Waals surface area (Å²) >= 11 is 1.45. The number of hydrogen-bond acceptors (Lipinski definition) is 4. The van der Waals surface area contributed by atoms with Crippen LogP contribution in [0.15, 0.2) is 30.0 Å². The van der Waals surface area contributed by atoms with Crippen LogP contribution in [0.4, 0.5) is 13.2 Å². The largest absolute Gasteiger partial charge is 0.417 e. The van der Waals surface area contributed by atoms with Gasteiger partial charge in [-0.3, -0.25) is 9.97 Å². The molecule has 0 fully saturated rings. The topological polar surface area (TPSA) is 51.8 Å². The van der Waals surface area contributed by atoms with Crippen molar-refractivity contribution in [2.45, 2.75) is 18.6 Å². The zero-order chi connectivity index (χ0) is 13.2. The molecular formula is C11H10F3N3S. The van der Waals surface area contributed by atoms with Gasteiger partial charge in [0.2, 0.25) is 0 Å². The Labute approximate surface area is 105 Å². The third kappa shape index (κ3) is 3.05. The molecule has 0 bridgehead atoms. The molecule has 0 spiro atoms. The first kappa shape index (κ1) is 13.0. The third-order valence-corrected chi connectivity index (χ3v) is 3.20. The van der Waals surface area contributed by atoms with Crippen LogP contribution >= 0.6 is 11.3 Å². The van der Waals surface area contributed by atoms with Gasteiger partial charge in [0, 0.05) is 23.7 Å². The van der Waals surface area contributed by atoms with Crippen LogP contribution < -0.4 is 5.73 Å². The Bertz CT molecular complexity index is 493. The summed E-state index contributed by atoms with van der Waals surface area (Å²) in [5.41, 5.74) is 7.24. The molecule has 0 saturated carbocycles. The first-order chi connectivity index (χ1) is 8.47. The molecule has 7 heteroatoms. The van der Waals surface area contributed by atoms with Crippen molar-refractivity contribution in [3.8, 4) is 0 Å². The van der Waals surface area contributed by atoms with E-state index in [4.69, 9.17) is 5.73 Å². The van der Waals surface area contributed by atoms with E-state index in [1.165, 1.54) is 17.4 Å². The fourth-order valence-corrected chi connectivity index (χ4v) is 2.11. The summed E-state index contributed by atoms with van der Waals surface area (Å²) in [6, 6.07) is 1.89. The lowest BCUT2D eigenvalue weighted by Gasteiger charge is -2.11. The molecule has 2 N–H and O–H groups in total. The summed E-state index contributed by atoms with van der Waals surface area (Å²) in [6.45, 7) is 0. The van der Waals surface area contributed by atoms with Crippen molar-refractivity contribution < 1.29 is 13.2 Å². The summed E-state index contributed by atoms with van der Waals surface area (Å²) in [7, 11) is 0. The van der Waals surface area contributed by atoms with Crippen molar-refractivity contribution in [2.75, 3.05) is 0 Å². The number of rotatable bonds is 3. The summed E-state index contributed by atoms with van der Waals surface area (Å²) in [6.07, 6.45) is -1.35. The molecule has 96 valence electrons. The van der Waals surface area contributed by atoms with Crippen LogP contribution in [-0.2, 0) is 12.6 Å². The molecule has 0 aliphatic rings. The van der Waals surface area contributed by atoms with Crippen molar-refractivity contribution in [3.63, 3.8) is 0 Å². The highest BCUT2D eigenvalue weighted by atomic mass is 32.1. The Hall–Kier alpha value is -1.47. The molecule has 0 radical (unpaired) electrons. The minimum Gasteiger partial charge on any atom is -0.322 e. The average molecular weight is 273 g/mol. The van der Waals surface area contributed by atoms with E-state index in [1.54, 1.807) is 11.7 Å². The Kier molecular flexibility index (Phi) is 3.63. The van der Waals surface area contributed by atoms with E-state index in [0.29, 0.717) is 12.1 Å². The lowest BCUT2D eigenvalue weighted by atomic mass is 10.1. The number of nitrogens with zero attached hydrogens (tertiary/aromatic N) is 2. The second-order valence-electron chi connectivity index (χ2n) is 3.75. The van der Waals surface area contributed by atoms with Gasteiger partial charge >= 0.3 is 6.18 Å². The molecule has 1 atom stereocenters. The molecule has 3 nitrogen and oxygen atoms in total. The van der Waals surface area contributed by atoms with Crippen molar-refractivity contribution in [1.29, 1.82) is 0 Å². The van der Waals surface area contributed by atoms with Gasteiger partial charge in [-0.05, 0) is 12.1 Å². The first-order valence-electron chi connectivity index (χ1n) is 5.13. The van der Waals surface area contributed by atoms with E-state index in [1.807, 2.05) is 0 Å². The molecule has 0 amide bonds. The maximum Gasteiger partial charge on any atom is 0.417 e. The zero-order valence-corrected chi connectivity index (χ0v) is 10.0. The van der Waals surface area contributed by atoms with Crippen LogP contribution in [0.25, 0.3) is 0 Å². The molecule has 2 aromatic heterocycles. The summed E-state index contributed by atoms with van der Waals surface area (Å²) < 4.78 is 37.0. The number of alkyl halides is 3. The normalized spacial score (nSPS) is 13.6. The molecule has 1 unspecified atom stereocenters. The Morgan fingerprint density at radius 2 is 2.06 bits per heavy atom. The number of hydrogen-bond donors (Lipinski definition) is 1. The van der Waals surface area contributed by atoms with Gasteiger partial charge < -0.3 is 5.73 Å². The molecule has 18 heavy (non-hydrogen) atoms. The maximum atomic E-state index is 12.3. The van der Waals surface area contributed by atoms with E-state index < -0.39 is 17.8 Å². The maximum absolute atomic E-state index is 12.3.